The molecule has 0 fully saturated rings. The third-order valence-corrected chi connectivity index (χ3v) is 2.68. The van der Waals surface area contributed by atoms with Gasteiger partial charge in [-0.15, -0.1) is 0 Å². The van der Waals surface area contributed by atoms with Crippen LogP contribution in [0.5, 0.6) is 0 Å². The fourth-order valence-electron chi connectivity index (χ4n) is 1.46. The van der Waals surface area contributed by atoms with Crippen LogP contribution >= 0.6 is 0 Å². The molecule has 0 saturated heterocycles. The molecule has 4 nitrogen and oxygen atoms in total. The second kappa shape index (κ2) is 7.13. The van der Waals surface area contributed by atoms with E-state index < -0.39 is 0 Å². The van der Waals surface area contributed by atoms with Crippen LogP contribution in [-0.4, -0.2) is 25.7 Å². The first-order valence-corrected chi connectivity index (χ1v) is 6.21. The van der Waals surface area contributed by atoms with Gasteiger partial charge in [0.2, 0.25) is 5.91 Å². The van der Waals surface area contributed by atoms with E-state index in [9.17, 15) is 4.79 Å². The Morgan fingerprint density at radius 2 is 1.83 bits per heavy atom. The molecule has 1 unspecified atom stereocenters. The van der Waals surface area contributed by atoms with Gasteiger partial charge in [-0.1, -0.05) is 12.1 Å². The molecule has 0 aliphatic rings. The second-order valence-corrected chi connectivity index (χ2v) is 4.54. The van der Waals surface area contributed by atoms with Crippen LogP contribution in [0.2, 0.25) is 0 Å². The zero-order valence-corrected chi connectivity index (χ0v) is 11.5. The van der Waals surface area contributed by atoms with Crippen molar-refractivity contribution >= 4 is 11.6 Å². The van der Waals surface area contributed by atoms with Gasteiger partial charge >= 0.3 is 0 Å². The summed E-state index contributed by atoms with van der Waals surface area (Å²) in [5.41, 5.74) is 1.98. The van der Waals surface area contributed by atoms with Crippen LogP contribution < -0.4 is 10.6 Å². The highest BCUT2D eigenvalue weighted by Crippen LogP contribution is 2.15. The molecule has 1 aromatic rings. The Kier molecular flexibility index (Phi) is 5.82. The van der Waals surface area contributed by atoms with Crippen molar-refractivity contribution in [1.29, 1.82) is 0 Å². The van der Waals surface area contributed by atoms with Gasteiger partial charge in [0, 0.05) is 11.7 Å². The van der Waals surface area contributed by atoms with Crippen molar-refractivity contribution in [2.75, 3.05) is 19.0 Å². The summed E-state index contributed by atoms with van der Waals surface area (Å²) in [6.07, 6.45) is 0.0644. The monoisotopic (exact) mass is 250 g/mol. The average Bonchev–Trinajstić information content (AvgIpc) is 2.36. The Labute approximate surface area is 109 Å². The van der Waals surface area contributed by atoms with E-state index >= 15 is 0 Å². The van der Waals surface area contributed by atoms with Crippen LogP contribution in [0.25, 0.3) is 0 Å². The summed E-state index contributed by atoms with van der Waals surface area (Å²) in [6, 6.07) is 8.10. The number of carbonyl (C=O) groups is 1. The van der Waals surface area contributed by atoms with E-state index in [4.69, 9.17) is 4.74 Å². The van der Waals surface area contributed by atoms with Crippen LogP contribution in [0.1, 0.15) is 32.4 Å². The molecule has 1 rings (SSSR count). The summed E-state index contributed by atoms with van der Waals surface area (Å²) in [4.78, 5) is 11.5. The smallest absolute Gasteiger partial charge is 0.250 e. The SMILES string of the molecule is CNC(C)c1ccc(NC(=O)COC(C)C)cc1. The number of rotatable bonds is 6. The number of amides is 1. The van der Waals surface area contributed by atoms with E-state index in [0.717, 1.165) is 5.69 Å². The molecule has 1 atom stereocenters. The van der Waals surface area contributed by atoms with Gasteiger partial charge in [0.15, 0.2) is 0 Å². The molecule has 0 aliphatic carbocycles. The van der Waals surface area contributed by atoms with Gasteiger partial charge < -0.3 is 15.4 Å². The molecule has 4 heteroatoms. The summed E-state index contributed by atoms with van der Waals surface area (Å²) < 4.78 is 5.23. The standard InChI is InChI=1S/C14H22N2O2/c1-10(2)18-9-14(17)16-13-7-5-12(6-8-13)11(3)15-4/h5-8,10-11,15H,9H2,1-4H3,(H,16,17). The minimum absolute atomic E-state index is 0.0644. The Bertz CT molecular complexity index is 374. The molecule has 0 heterocycles. The van der Waals surface area contributed by atoms with E-state index in [1.165, 1.54) is 5.56 Å². The molecule has 0 spiro atoms. The maximum Gasteiger partial charge on any atom is 0.250 e. The number of carbonyl (C=O) groups excluding carboxylic acids is 1. The fourth-order valence-corrected chi connectivity index (χ4v) is 1.46. The Balaban J connectivity index is 2.50. The summed E-state index contributed by atoms with van der Waals surface area (Å²) in [5, 5.41) is 5.96. The van der Waals surface area contributed by atoms with Gasteiger partial charge in [0.05, 0.1) is 6.10 Å². The second-order valence-electron chi connectivity index (χ2n) is 4.54. The number of benzene rings is 1. The molecule has 0 aromatic heterocycles. The Morgan fingerprint density at radius 3 is 2.33 bits per heavy atom. The molecule has 0 radical (unpaired) electrons. The molecular formula is C14H22N2O2. The largest absolute Gasteiger partial charge is 0.369 e. The van der Waals surface area contributed by atoms with Crippen LogP contribution in [0.4, 0.5) is 5.69 Å². The summed E-state index contributed by atoms with van der Waals surface area (Å²) in [7, 11) is 1.92. The average molecular weight is 250 g/mol. The molecule has 0 bridgehead atoms. The third kappa shape index (κ3) is 4.85. The lowest BCUT2D eigenvalue weighted by Gasteiger charge is -2.12. The van der Waals surface area contributed by atoms with Crippen LogP contribution in [0.15, 0.2) is 24.3 Å². The normalized spacial score (nSPS) is 12.5. The van der Waals surface area contributed by atoms with Crippen molar-refractivity contribution in [2.24, 2.45) is 0 Å². The molecule has 0 saturated carbocycles. The topological polar surface area (TPSA) is 50.4 Å². The van der Waals surface area contributed by atoms with Crippen molar-refractivity contribution in [3.05, 3.63) is 29.8 Å². The van der Waals surface area contributed by atoms with E-state index in [0.29, 0.717) is 6.04 Å². The lowest BCUT2D eigenvalue weighted by atomic mass is 10.1. The summed E-state index contributed by atoms with van der Waals surface area (Å²) in [6.45, 7) is 5.98. The molecule has 2 N–H and O–H groups in total. The number of anilines is 1. The van der Waals surface area contributed by atoms with Gasteiger partial charge in [0.1, 0.15) is 6.61 Å². The van der Waals surface area contributed by atoms with Crippen molar-refractivity contribution in [2.45, 2.75) is 32.9 Å². The molecule has 1 aromatic carbocycles. The van der Waals surface area contributed by atoms with E-state index in [2.05, 4.69) is 17.6 Å². The third-order valence-electron chi connectivity index (χ3n) is 2.68. The van der Waals surface area contributed by atoms with Crippen LogP contribution in [0, 0.1) is 0 Å². The van der Waals surface area contributed by atoms with Gasteiger partial charge in [0.25, 0.3) is 0 Å². The fraction of sp³-hybridized carbons (Fsp3) is 0.500. The highest BCUT2D eigenvalue weighted by Gasteiger charge is 2.05. The van der Waals surface area contributed by atoms with Crippen molar-refractivity contribution in [1.82, 2.24) is 5.32 Å². The maximum absolute atomic E-state index is 11.5. The minimum atomic E-state index is -0.127. The van der Waals surface area contributed by atoms with E-state index in [-0.39, 0.29) is 18.6 Å². The predicted octanol–water partition coefficient (Wildman–Crippen LogP) is 2.33. The van der Waals surface area contributed by atoms with Crippen molar-refractivity contribution in [3.8, 4) is 0 Å². The summed E-state index contributed by atoms with van der Waals surface area (Å²) in [5.74, 6) is -0.127. The van der Waals surface area contributed by atoms with Gasteiger partial charge in [-0.2, -0.15) is 0 Å². The quantitative estimate of drug-likeness (QED) is 0.814. The van der Waals surface area contributed by atoms with Crippen LogP contribution in [-0.2, 0) is 9.53 Å². The van der Waals surface area contributed by atoms with Crippen molar-refractivity contribution in [3.63, 3.8) is 0 Å². The maximum atomic E-state index is 11.5. The number of nitrogens with one attached hydrogen (secondary N) is 2. The number of hydrogen-bond acceptors (Lipinski definition) is 3. The van der Waals surface area contributed by atoms with Crippen molar-refractivity contribution < 1.29 is 9.53 Å². The molecule has 100 valence electrons. The van der Waals surface area contributed by atoms with E-state index in [1.807, 2.05) is 45.2 Å². The Hall–Kier alpha value is -1.39. The highest BCUT2D eigenvalue weighted by atomic mass is 16.5. The van der Waals surface area contributed by atoms with Gasteiger partial charge in [-0.05, 0) is 45.5 Å². The van der Waals surface area contributed by atoms with E-state index in [1.54, 1.807) is 0 Å². The minimum Gasteiger partial charge on any atom is -0.369 e. The zero-order valence-electron chi connectivity index (χ0n) is 11.5. The lowest BCUT2D eigenvalue weighted by Crippen LogP contribution is -2.20. The first-order valence-electron chi connectivity index (χ1n) is 6.21. The molecule has 18 heavy (non-hydrogen) atoms. The molecule has 1 amide bonds. The number of ether oxygens (including phenoxy) is 1. The molecular weight excluding hydrogens is 228 g/mol. The number of hydrogen-bond donors (Lipinski definition) is 2. The summed E-state index contributed by atoms with van der Waals surface area (Å²) >= 11 is 0. The lowest BCUT2D eigenvalue weighted by molar-refractivity contribution is -0.121. The zero-order chi connectivity index (χ0) is 13.5. The first-order chi connectivity index (χ1) is 8.52. The first kappa shape index (κ1) is 14.7. The van der Waals surface area contributed by atoms with Gasteiger partial charge in [-0.3, -0.25) is 4.79 Å². The Morgan fingerprint density at radius 1 is 1.22 bits per heavy atom. The highest BCUT2D eigenvalue weighted by molar-refractivity contribution is 5.91. The van der Waals surface area contributed by atoms with Crippen LogP contribution in [0.3, 0.4) is 0 Å². The predicted molar refractivity (Wildman–Crippen MR) is 73.6 cm³/mol. The molecule has 0 aliphatic heterocycles. The van der Waals surface area contributed by atoms with Gasteiger partial charge in [-0.25, -0.2) is 0 Å².